The average Bonchev–Trinajstić information content (AvgIpc) is 2.34. The Balaban J connectivity index is 2.21. The molecule has 1 fully saturated rings. The number of hydrogen-bond donors (Lipinski definition) is 3. The monoisotopic (exact) mass is 277 g/mol. The van der Waals surface area contributed by atoms with E-state index >= 15 is 0 Å². The second kappa shape index (κ2) is 5.36. The fourth-order valence-electron chi connectivity index (χ4n) is 2.01. The van der Waals surface area contributed by atoms with Crippen LogP contribution in [0.3, 0.4) is 0 Å². The van der Waals surface area contributed by atoms with Gasteiger partial charge < -0.3 is 11.1 Å². The number of nitrogens with two attached hydrogens (primary N) is 1. The predicted molar refractivity (Wildman–Crippen MR) is 76.9 cm³/mol. The summed E-state index contributed by atoms with van der Waals surface area (Å²) in [5.41, 5.74) is 8.14. The maximum absolute atomic E-state index is 11.7. The van der Waals surface area contributed by atoms with Gasteiger partial charge in [0.05, 0.1) is 0 Å². The minimum atomic E-state index is -0.437. The first-order chi connectivity index (χ1) is 8.97. The van der Waals surface area contributed by atoms with Gasteiger partial charge in [0.15, 0.2) is 0 Å². The molecule has 1 aromatic carbocycles. The van der Waals surface area contributed by atoms with E-state index in [4.69, 9.17) is 18.0 Å². The zero-order chi connectivity index (χ0) is 14.0. The number of rotatable bonds is 3. The van der Waals surface area contributed by atoms with Crippen molar-refractivity contribution in [1.82, 2.24) is 5.32 Å². The highest BCUT2D eigenvalue weighted by atomic mass is 32.1. The Bertz CT molecular complexity index is 557. The number of benzene rings is 1. The first kappa shape index (κ1) is 13.5. The summed E-state index contributed by atoms with van der Waals surface area (Å²) in [6.45, 7) is 1.94. The number of amides is 2. The van der Waals surface area contributed by atoms with E-state index < -0.39 is 6.04 Å². The van der Waals surface area contributed by atoms with E-state index in [0.717, 1.165) is 5.56 Å². The fourth-order valence-corrected chi connectivity index (χ4v) is 2.18. The van der Waals surface area contributed by atoms with Crippen LogP contribution < -0.4 is 16.4 Å². The lowest BCUT2D eigenvalue weighted by Gasteiger charge is -2.24. The first-order valence-electron chi connectivity index (χ1n) is 5.98. The van der Waals surface area contributed by atoms with Crippen molar-refractivity contribution in [2.75, 3.05) is 5.32 Å². The number of aryl methyl sites for hydroxylation is 1. The third kappa shape index (κ3) is 3.08. The standard InChI is InChI=1S/C13H15N3O2S/c1-7-2-3-9(8(6-7)12(14)19)15-10-4-5-11(17)16-13(10)18/h2-3,6,10,15H,4-5H2,1H3,(H2,14,19)(H,16,17,18). The highest BCUT2D eigenvalue weighted by Crippen LogP contribution is 2.20. The number of nitrogens with one attached hydrogen (secondary N) is 2. The molecule has 1 heterocycles. The maximum atomic E-state index is 11.7. The summed E-state index contributed by atoms with van der Waals surface area (Å²) in [6, 6.07) is 5.19. The molecule has 1 saturated heterocycles. The summed E-state index contributed by atoms with van der Waals surface area (Å²) < 4.78 is 0. The van der Waals surface area contributed by atoms with Crippen LogP contribution in [0.2, 0.25) is 0 Å². The second-order valence-electron chi connectivity index (χ2n) is 4.56. The van der Waals surface area contributed by atoms with E-state index in [9.17, 15) is 9.59 Å². The van der Waals surface area contributed by atoms with Crippen LogP contribution in [0.25, 0.3) is 0 Å². The lowest BCUT2D eigenvalue weighted by Crippen LogP contribution is -2.47. The highest BCUT2D eigenvalue weighted by molar-refractivity contribution is 7.80. The Morgan fingerprint density at radius 3 is 2.84 bits per heavy atom. The lowest BCUT2D eigenvalue weighted by molar-refractivity contribution is -0.133. The van der Waals surface area contributed by atoms with Crippen molar-refractivity contribution < 1.29 is 9.59 Å². The third-order valence-corrected chi connectivity index (χ3v) is 3.23. The van der Waals surface area contributed by atoms with E-state index in [2.05, 4.69) is 10.6 Å². The fraction of sp³-hybridized carbons (Fsp3) is 0.308. The van der Waals surface area contributed by atoms with Gasteiger partial charge in [0.25, 0.3) is 0 Å². The normalized spacial score (nSPS) is 18.9. The molecule has 1 aliphatic heterocycles. The van der Waals surface area contributed by atoms with Crippen LogP contribution in [-0.4, -0.2) is 22.8 Å². The molecule has 1 unspecified atom stereocenters. The van der Waals surface area contributed by atoms with E-state index in [1.807, 2.05) is 25.1 Å². The van der Waals surface area contributed by atoms with Gasteiger partial charge in [-0.05, 0) is 25.5 Å². The van der Waals surface area contributed by atoms with Crippen molar-refractivity contribution in [3.63, 3.8) is 0 Å². The molecule has 1 atom stereocenters. The van der Waals surface area contributed by atoms with E-state index in [0.29, 0.717) is 24.1 Å². The van der Waals surface area contributed by atoms with Crippen LogP contribution in [0.4, 0.5) is 5.69 Å². The van der Waals surface area contributed by atoms with Gasteiger partial charge in [0.1, 0.15) is 11.0 Å². The van der Waals surface area contributed by atoms with Gasteiger partial charge in [-0.1, -0.05) is 23.8 Å². The maximum Gasteiger partial charge on any atom is 0.249 e. The molecule has 1 aliphatic rings. The van der Waals surface area contributed by atoms with Gasteiger partial charge in [-0.15, -0.1) is 0 Å². The van der Waals surface area contributed by atoms with Gasteiger partial charge in [0.2, 0.25) is 11.8 Å². The molecule has 0 radical (unpaired) electrons. The summed E-state index contributed by atoms with van der Waals surface area (Å²) >= 11 is 5.01. The molecule has 0 saturated carbocycles. The van der Waals surface area contributed by atoms with Crippen LogP contribution in [-0.2, 0) is 9.59 Å². The number of carbonyl (C=O) groups excluding carboxylic acids is 2. The van der Waals surface area contributed by atoms with Crippen molar-refractivity contribution in [1.29, 1.82) is 0 Å². The van der Waals surface area contributed by atoms with E-state index in [-0.39, 0.29) is 16.8 Å². The molecule has 1 aromatic rings. The van der Waals surface area contributed by atoms with Crippen molar-refractivity contribution in [3.05, 3.63) is 29.3 Å². The Morgan fingerprint density at radius 1 is 1.47 bits per heavy atom. The molecule has 4 N–H and O–H groups in total. The van der Waals surface area contributed by atoms with Crippen LogP contribution in [0.5, 0.6) is 0 Å². The summed E-state index contributed by atoms with van der Waals surface area (Å²) in [5, 5.41) is 5.40. The summed E-state index contributed by atoms with van der Waals surface area (Å²) in [5.74, 6) is -0.549. The lowest BCUT2D eigenvalue weighted by atomic mass is 10.0. The average molecular weight is 277 g/mol. The number of thiocarbonyl (C=S) groups is 1. The number of imide groups is 1. The third-order valence-electron chi connectivity index (χ3n) is 3.01. The molecule has 0 aliphatic carbocycles. The van der Waals surface area contributed by atoms with Crippen LogP contribution in [0.15, 0.2) is 18.2 Å². The molecule has 100 valence electrons. The second-order valence-corrected chi connectivity index (χ2v) is 5.00. The summed E-state index contributed by atoms with van der Waals surface area (Å²) in [4.78, 5) is 23.1. The van der Waals surface area contributed by atoms with Crippen LogP contribution in [0, 0.1) is 6.92 Å². The number of hydrogen-bond acceptors (Lipinski definition) is 4. The van der Waals surface area contributed by atoms with Gasteiger partial charge in [0, 0.05) is 17.7 Å². The Morgan fingerprint density at radius 2 is 2.21 bits per heavy atom. The number of anilines is 1. The predicted octanol–water partition coefficient (Wildman–Crippen LogP) is 0.846. The zero-order valence-corrected chi connectivity index (χ0v) is 11.3. The molecular formula is C13H15N3O2S. The first-order valence-corrected chi connectivity index (χ1v) is 6.39. The summed E-state index contributed by atoms with van der Waals surface area (Å²) in [6.07, 6.45) is 0.799. The quantitative estimate of drug-likeness (QED) is 0.563. The Kier molecular flexibility index (Phi) is 3.80. The topological polar surface area (TPSA) is 84.2 Å². The van der Waals surface area contributed by atoms with Crippen LogP contribution >= 0.6 is 12.2 Å². The minimum absolute atomic E-state index is 0.235. The molecule has 6 heteroatoms. The minimum Gasteiger partial charge on any atom is -0.389 e. The summed E-state index contributed by atoms with van der Waals surface area (Å²) in [7, 11) is 0. The molecular weight excluding hydrogens is 262 g/mol. The molecule has 0 spiro atoms. The molecule has 5 nitrogen and oxygen atoms in total. The van der Waals surface area contributed by atoms with Gasteiger partial charge in [-0.3, -0.25) is 14.9 Å². The molecule has 2 amide bonds. The largest absolute Gasteiger partial charge is 0.389 e. The Labute approximate surface area is 116 Å². The van der Waals surface area contributed by atoms with Gasteiger partial charge >= 0.3 is 0 Å². The zero-order valence-electron chi connectivity index (χ0n) is 10.5. The van der Waals surface area contributed by atoms with Gasteiger partial charge in [-0.2, -0.15) is 0 Å². The molecule has 2 rings (SSSR count). The van der Waals surface area contributed by atoms with E-state index in [1.165, 1.54) is 0 Å². The van der Waals surface area contributed by atoms with Crippen molar-refractivity contribution in [2.24, 2.45) is 5.73 Å². The van der Waals surface area contributed by atoms with Crippen LogP contribution in [0.1, 0.15) is 24.0 Å². The van der Waals surface area contributed by atoms with Crippen molar-refractivity contribution in [3.8, 4) is 0 Å². The van der Waals surface area contributed by atoms with Crippen molar-refractivity contribution in [2.45, 2.75) is 25.8 Å². The smallest absolute Gasteiger partial charge is 0.249 e. The van der Waals surface area contributed by atoms with E-state index in [1.54, 1.807) is 0 Å². The SMILES string of the molecule is Cc1ccc(NC2CCC(=O)NC2=O)c(C(N)=S)c1. The molecule has 0 bridgehead atoms. The number of carbonyl (C=O) groups is 2. The Hall–Kier alpha value is -1.95. The molecule has 0 aromatic heterocycles. The molecule has 19 heavy (non-hydrogen) atoms. The van der Waals surface area contributed by atoms with Crippen molar-refractivity contribution >= 4 is 34.7 Å². The van der Waals surface area contributed by atoms with Gasteiger partial charge in [-0.25, -0.2) is 0 Å². The number of piperidine rings is 1. The highest BCUT2D eigenvalue weighted by Gasteiger charge is 2.26.